The first-order valence-electron chi connectivity index (χ1n) is 5.20. The first-order chi connectivity index (χ1) is 8.31. The largest absolute Gasteiger partial charge is 0.396 e. The van der Waals surface area contributed by atoms with Crippen molar-refractivity contribution in [1.29, 1.82) is 0 Å². The summed E-state index contributed by atoms with van der Waals surface area (Å²) in [5.41, 5.74) is -1.08. The van der Waals surface area contributed by atoms with Gasteiger partial charge in [-0.05, 0) is 12.8 Å². The van der Waals surface area contributed by atoms with Crippen LogP contribution in [0.15, 0.2) is 0 Å². The van der Waals surface area contributed by atoms with Gasteiger partial charge in [-0.2, -0.15) is 0 Å². The molecule has 18 heavy (non-hydrogen) atoms. The molecular weight excluding hydrogens is 257 g/mol. The van der Waals surface area contributed by atoms with Crippen molar-refractivity contribution in [2.75, 3.05) is 11.9 Å². The molecule has 2 N–H and O–H groups in total. The summed E-state index contributed by atoms with van der Waals surface area (Å²) in [7, 11) is 0. The number of hydrogen-bond acceptors (Lipinski definition) is 2. The maximum atomic E-state index is 13.3. The average Bonchev–Trinajstić information content (AvgIpc) is 2.37. The van der Waals surface area contributed by atoms with Gasteiger partial charge in [-0.25, -0.2) is 22.0 Å². The second-order valence-corrected chi connectivity index (χ2v) is 4.04. The molecule has 7 heteroatoms. The topological polar surface area (TPSA) is 32.3 Å². The third-order valence-corrected chi connectivity index (χ3v) is 2.72. The zero-order chi connectivity index (χ0) is 14.0. The zero-order valence-electron chi connectivity index (χ0n) is 9.70. The highest BCUT2D eigenvalue weighted by atomic mass is 19.2. The van der Waals surface area contributed by atoms with Gasteiger partial charge in [-0.3, -0.25) is 0 Å². The van der Waals surface area contributed by atoms with E-state index in [0.29, 0.717) is 0 Å². The number of hydrogen-bond donors (Lipinski definition) is 2. The minimum atomic E-state index is -2.20. The summed E-state index contributed by atoms with van der Waals surface area (Å²) < 4.78 is 65.1. The zero-order valence-corrected chi connectivity index (χ0v) is 9.70. The monoisotopic (exact) mass is 269 g/mol. The van der Waals surface area contributed by atoms with Gasteiger partial charge in [0.25, 0.3) is 0 Å². The third-order valence-electron chi connectivity index (χ3n) is 2.72. The summed E-state index contributed by atoms with van der Waals surface area (Å²) in [6.45, 7) is 2.73. The smallest absolute Gasteiger partial charge is 0.200 e. The van der Waals surface area contributed by atoms with Crippen molar-refractivity contribution in [3.8, 4) is 0 Å². The van der Waals surface area contributed by atoms with Gasteiger partial charge in [-0.1, -0.05) is 6.92 Å². The minimum absolute atomic E-state index is 0.288. The van der Waals surface area contributed by atoms with E-state index in [9.17, 15) is 22.0 Å². The maximum Gasteiger partial charge on any atom is 0.200 e. The van der Waals surface area contributed by atoms with Crippen LogP contribution in [0.5, 0.6) is 0 Å². The van der Waals surface area contributed by atoms with E-state index >= 15 is 0 Å². The number of rotatable bonds is 4. The lowest BCUT2D eigenvalue weighted by Crippen LogP contribution is -2.28. The third kappa shape index (κ3) is 2.55. The molecule has 2 unspecified atom stereocenters. The van der Waals surface area contributed by atoms with Crippen molar-refractivity contribution in [2.24, 2.45) is 5.92 Å². The fourth-order valence-electron chi connectivity index (χ4n) is 1.26. The van der Waals surface area contributed by atoms with E-state index < -0.39 is 46.7 Å². The Morgan fingerprint density at radius 2 is 1.28 bits per heavy atom. The minimum Gasteiger partial charge on any atom is -0.396 e. The Kier molecular flexibility index (Phi) is 4.50. The summed E-state index contributed by atoms with van der Waals surface area (Å²) in [5, 5.41) is 11.0. The van der Waals surface area contributed by atoms with E-state index in [-0.39, 0.29) is 6.61 Å². The van der Waals surface area contributed by atoms with Crippen LogP contribution >= 0.6 is 0 Å². The molecule has 0 saturated carbocycles. The molecule has 0 bridgehead atoms. The van der Waals surface area contributed by atoms with Crippen LogP contribution in [0.1, 0.15) is 13.8 Å². The first kappa shape index (κ1) is 14.7. The summed E-state index contributed by atoms with van der Waals surface area (Å²) in [5.74, 6) is -10.4. The molecule has 1 aromatic carbocycles. The molecule has 2 nitrogen and oxygen atoms in total. The van der Waals surface area contributed by atoms with Crippen molar-refractivity contribution < 1.29 is 27.1 Å². The van der Waals surface area contributed by atoms with Crippen molar-refractivity contribution in [3.63, 3.8) is 0 Å². The van der Waals surface area contributed by atoms with Crippen LogP contribution in [-0.2, 0) is 0 Å². The van der Waals surface area contributed by atoms with Crippen LogP contribution in [0, 0.1) is 35.0 Å². The maximum absolute atomic E-state index is 13.3. The molecule has 102 valence electrons. The molecule has 0 spiro atoms. The Hall–Kier alpha value is -1.37. The van der Waals surface area contributed by atoms with Crippen LogP contribution in [0.25, 0.3) is 0 Å². The molecule has 2 atom stereocenters. The highest BCUT2D eigenvalue weighted by Gasteiger charge is 2.27. The van der Waals surface area contributed by atoms with Gasteiger partial charge < -0.3 is 10.4 Å². The number of nitrogens with one attached hydrogen (secondary N) is 1. The number of aliphatic hydroxyl groups excluding tert-OH is 1. The predicted molar refractivity (Wildman–Crippen MR) is 55.6 cm³/mol. The average molecular weight is 269 g/mol. The molecule has 1 aromatic rings. The lowest BCUT2D eigenvalue weighted by atomic mass is 10.0. The Morgan fingerprint density at radius 1 is 0.889 bits per heavy atom. The summed E-state index contributed by atoms with van der Waals surface area (Å²) >= 11 is 0. The molecule has 0 saturated heterocycles. The Bertz CT molecular complexity index is 423. The fourth-order valence-corrected chi connectivity index (χ4v) is 1.26. The Balaban J connectivity index is 3.18. The van der Waals surface area contributed by atoms with Gasteiger partial charge in [0.15, 0.2) is 23.3 Å². The normalized spacial score (nSPS) is 14.4. The molecule has 0 amide bonds. The molecule has 0 aliphatic carbocycles. The summed E-state index contributed by atoms with van der Waals surface area (Å²) in [4.78, 5) is 0. The molecule has 0 radical (unpaired) electrons. The van der Waals surface area contributed by atoms with Crippen molar-refractivity contribution >= 4 is 5.69 Å². The van der Waals surface area contributed by atoms with Crippen LogP contribution in [0.3, 0.4) is 0 Å². The second-order valence-electron chi connectivity index (χ2n) is 4.04. The lowest BCUT2D eigenvalue weighted by molar-refractivity contribution is 0.225. The standard InChI is InChI=1S/C11H12F5NO/c1-4(3-18)5(2)17-11-9(15)7(13)6(12)8(14)10(11)16/h4-5,17-18H,3H2,1-2H3. The van der Waals surface area contributed by atoms with Crippen molar-refractivity contribution in [3.05, 3.63) is 29.1 Å². The molecule has 1 rings (SSSR count). The SMILES string of the molecule is CC(CO)C(C)Nc1c(F)c(F)c(F)c(F)c1F. The molecule has 0 aliphatic heterocycles. The first-order valence-corrected chi connectivity index (χ1v) is 5.20. The van der Waals surface area contributed by atoms with Gasteiger partial charge in [0.05, 0.1) is 0 Å². The van der Waals surface area contributed by atoms with Gasteiger partial charge >= 0.3 is 0 Å². The highest BCUT2D eigenvalue weighted by molar-refractivity contribution is 5.48. The van der Waals surface area contributed by atoms with Gasteiger partial charge in [0.1, 0.15) is 5.69 Å². The number of aliphatic hydroxyl groups is 1. The quantitative estimate of drug-likeness (QED) is 0.500. The Morgan fingerprint density at radius 3 is 1.67 bits per heavy atom. The van der Waals surface area contributed by atoms with Gasteiger partial charge in [-0.15, -0.1) is 0 Å². The van der Waals surface area contributed by atoms with E-state index in [1.165, 1.54) is 6.92 Å². The van der Waals surface area contributed by atoms with E-state index in [4.69, 9.17) is 5.11 Å². The number of anilines is 1. The van der Waals surface area contributed by atoms with Crippen LogP contribution < -0.4 is 5.32 Å². The van der Waals surface area contributed by atoms with Gasteiger partial charge in [0.2, 0.25) is 5.82 Å². The van der Waals surface area contributed by atoms with Crippen LogP contribution in [0.2, 0.25) is 0 Å². The predicted octanol–water partition coefficient (Wildman–Crippen LogP) is 2.81. The van der Waals surface area contributed by atoms with Crippen molar-refractivity contribution in [1.82, 2.24) is 0 Å². The van der Waals surface area contributed by atoms with Crippen LogP contribution in [0.4, 0.5) is 27.6 Å². The van der Waals surface area contributed by atoms with E-state index in [1.807, 2.05) is 0 Å². The summed E-state index contributed by atoms with van der Waals surface area (Å²) in [6, 6.07) is -0.664. The second kappa shape index (κ2) is 5.51. The van der Waals surface area contributed by atoms with E-state index in [1.54, 1.807) is 6.92 Å². The number of benzene rings is 1. The molecule has 0 fully saturated rings. The van der Waals surface area contributed by atoms with E-state index in [2.05, 4.69) is 5.32 Å². The lowest BCUT2D eigenvalue weighted by Gasteiger charge is -2.21. The molecule has 0 aliphatic rings. The van der Waals surface area contributed by atoms with E-state index in [0.717, 1.165) is 0 Å². The summed E-state index contributed by atoms with van der Waals surface area (Å²) in [6.07, 6.45) is 0. The Labute approximate surface area is 100 Å². The van der Waals surface area contributed by atoms with Crippen LogP contribution in [-0.4, -0.2) is 17.8 Å². The van der Waals surface area contributed by atoms with Gasteiger partial charge in [0, 0.05) is 12.6 Å². The fraction of sp³-hybridized carbons (Fsp3) is 0.455. The van der Waals surface area contributed by atoms with Crippen molar-refractivity contribution in [2.45, 2.75) is 19.9 Å². The molecular formula is C11H12F5NO. The molecule has 0 heterocycles. The number of halogens is 5. The molecule has 0 aromatic heterocycles. The highest BCUT2D eigenvalue weighted by Crippen LogP contribution is 2.28.